The monoisotopic (exact) mass is 205 g/mol. The fourth-order valence-corrected chi connectivity index (χ4v) is 1.33. The van der Waals surface area contributed by atoms with Gasteiger partial charge in [-0.25, -0.2) is 9.97 Å². The van der Waals surface area contributed by atoms with Crippen molar-refractivity contribution >= 4 is 22.9 Å². The number of aromatic amines is 1. The maximum absolute atomic E-state index is 11.6. The fraction of sp³-hybridized carbons (Fsp3) is 0.222. The summed E-state index contributed by atoms with van der Waals surface area (Å²) in [5.74, 6) is 0.122. The molecule has 2 heterocycles. The molecule has 0 saturated heterocycles. The Morgan fingerprint density at radius 3 is 3.20 bits per heavy atom. The van der Waals surface area contributed by atoms with Crippen molar-refractivity contribution in [2.75, 3.05) is 12.3 Å². The predicted molar refractivity (Wildman–Crippen MR) is 56.3 cm³/mol. The summed E-state index contributed by atoms with van der Waals surface area (Å²) in [7, 11) is 0. The largest absolute Gasteiger partial charge is 0.382 e. The number of amides is 1. The number of nitrogens with two attached hydrogens (primary N) is 1. The lowest BCUT2D eigenvalue weighted by atomic mass is 10.3. The molecule has 0 aliphatic rings. The zero-order valence-electron chi connectivity index (χ0n) is 8.24. The van der Waals surface area contributed by atoms with E-state index in [0.717, 1.165) is 0 Å². The van der Waals surface area contributed by atoms with Crippen molar-refractivity contribution in [2.45, 2.75) is 6.92 Å². The minimum absolute atomic E-state index is 0.177. The van der Waals surface area contributed by atoms with E-state index in [2.05, 4.69) is 20.3 Å². The van der Waals surface area contributed by atoms with E-state index in [1.54, 1.807) is 6.20 Å². The number of hydrogen-bond donors (Lipinski definition) is 3. The molecule has 0 saturated carbocycles. The van der Waals surface area contributed by atoms with E-state index in [1.165, 1.54) is 6.20 Å². The van der Waals surface area contributed by atoms with Crippen LogP contribution in [0.4, 0.5) is 5.82 Å². The molecule has 0 atom stereocenters. The van der Waals surface area contributed by atoms with Gasteiger partial charge in [-0.2, -0.15) is 0 Å². The number of H-pyrrole nitrogens is 1. The topological polar surface area (TPSA) is 96.7 Å². The number of nitrogens with one attached hydrogen (secondary N) is 2. The first-order valence-electron chi connectivity index (χ1n) is 4.60. The molecule has 2 aromatic heterocycles. The molecular formula is C9H11N5O. The molecule has 0 unspecified atom stereocenters. The highest BCUT2D eigenvalue weighted by Crippen LogP contribution is 2.14. The molecule has 0 aliphatic heterocycles. The summed E-state index contributed by atoms with van der Waals surface area (Å²) in [6.07, 6.45) is 3.02. The molecule has 0 radical (unpaired) electrons. The van der Waals surface area contributed by atoms with Gasteiger partial charge in [-0.1, -0.05) is 0 Å². The summed E-state index contributed by atoms with van der Waals surface area (Å²) in [5.41, 5.74) is 7.03. The van der Waals surface area contributed by atoms with Gasteiger partial charge in [-0.15, -0.1) is 0 Å². The molecule has 0 spiro atoms. The van der Waals surface area contributed by atoms with Crippen LogP contribution in [-0.2, 0) is 0 Å². The first kappa shape index (κ1) is 9.45. The van der Waals surface area contributed by atoms with Crippen molar-refractivity contribution in [3.63, 3.8) is 0 Å². The standard InChI is InChI=1S/C9H11N5O/c1-2-11-9(15)5-3-12-8-7(5)14-6(10)4-13-8/h3-4H,2H2,1H3,(H2,10,14)(H,11,15)(H,12,13). The van der Waals surface area contributed by atoms with Crippen LogP contribution in [0.1, 0.15) is 17.3 Å². The number of nitrogen functional groups attached to an aromatic ring is 1. The van der Waals surface area contributed by atoms with Crippen molar-refractivity contribution in [3.8, 4) is 0 Å². The number of hydrogen-bond acceptors (Lipinski definition) is 4. The highest BCUT2D eigenvalue weighted by atomic mass is 16.1. The van der Waals surface area contributed by atoms with Gasteiger partial charge in [-0.3, -0.25) is 4.79 Å². The minimum atomic E-state index is -0.177. The lowest BCUT2D eigenvalue weighted by Gasteiger charge is -1.99. The third kappa shape index (κ3) is 1.61. The number of rotatable bonds is 2. The molecule has 78 valence electrons. The lowest BCUT2D eigenvalue weighted by Crippen LogP contribution is -2.22. The van der Waals surface area contributed by atoms with Gasteiger partial charge >= 0.3 is 0 Å². The van der Waals surface area contributed by atoms with Crippen LogP contribution >= 0.6 is 0 Å². The van der Waals surface area contributed by atoms with Gasteiger partial charge in [0.05, 0.1) is 11.8 Å². The Morgan fingerprint density at radius 2 is 2.47 bits per heavy atom. The molecule has 1 amide bonds. The number of anilines is 1. The van der Waals surface area contributed by atoms with Crippen LogP contribution < -0.4 is 11.1 Å². The van der Waals surface area contributed by atoms with Crippen LogP contribution in [0.3, 0.4) is 0 Å². The summed E-state index contributed by atoms with van der Waals surface area (Å²) in [5, 5.41) is 2.69. The summed E-state index contributed by atoms with van der Waals surface area (Å²) < 4.78 is 0. The second kappa shape index (κ2) is 3.56. The summed E-state index contributed by atoms with van der Waals surface area (Å²) >= 11 is 0. The Balaban J connectivity index is 2.52. The van der Waals surface area contributed by atoms with Crippen molar-refractivity contribution in [1.82, 2.24) is 20.3 Å². The van der Waals surface area contributed by atoms with E-state index in [1.807, 2.05) is 6.92 Å². The maximum Gasteiger partial charge on any atom is 0.255 e. The first-order valence-corrected chi connectivity index (χ1v) is 4.60. The molecule has 0 bridgehead atoms. The van der Waals surface area contributed by atoms with Crippen molar-refractivity contribution in [3.05, 3.63) is 18.0 Å². The van der Waals surface area contributed by atoms with E-state index in [4.69, 9.17) is 5.73 Å². The lowest BCUT2D eigenvalue weighted by molar-refractivity contribution is 0.0957. The number of carbonyl (C=O) groups is 1. The average molecular weight is 205 g/mol. The van der Waals surface area contributed by atoms with Crippen LogP contribution in [0, 0.1) is 0 Å². The normalized spacial score (nSPS) is 10.5. The average Bonchev–Trinajstić information content (AvgIpc) is 2.60. The van der Waals surface area contributed by atoms with Gasteiger partial charge in [0.2, 0.25) is 0 Å². The molecule has 6 nitrogen and oxygen atoms in total. The third-order valence-corrected chi connectivity index (χ3v) is 1.98. The van der Waals surface area contributed by atoms with Crippen molar-refractivity contribution in [2.24, 2.45) is 0 Å². The van der Waals surface area contributed by atoms with E-state index < -0.39 is 0 Å². The highest BCUT2D eigenvalue weighted by Gasteiger charge is 2.13. The molecule has 4 N–H and O–H groups in total. The Bertz CT molecular complexity index is 504. The second-order valence-corrected chi connectivity index (χ2v) is 3.05. The zero-order valence-corrected chi connectivity index (χ0v) is 8.24. The Morgan fingerprint density at radius 1 is 1.67 bits per heavy atom. The Kier molecular flexibility index (Phi) is 2.24. The van der Waals surface area contributed by atoms with Crippen LogP contribution in [0.5, 0.6) is 0 Å². The van der Waals surface area contributed by atoms with Gasteiger partial charge in [0.1, 0.15) is 11.3 Å². The van der Waals surface area contributed by atoms with Crippen molar-refractivity contribution < 1.29 is 4.79 Å². The second-order valence-electron chi connectivity index (χ2n) is 3.05. The number of nitrogens with zero attached hydrogens (tertiary/aromatic N) is 2. The zero-order chi connectivity index (χ0) is 10.8. The minimum Gasteiger partial charge on any atom is -0.382 e. The van der Waals surface area contributed by atoms with E-state index >= 15 is 0 Å². The van der Waals surface area contributed by atoms with Crippen LogP contribution in [0.15, 0.2) is 12.4 Å². The summed E-state index contributed by atoms with van der Waals surface area (Å²) in [6, 6.07) is 0. The predicted octanol–water partition coefficient (Wildman–Crippen LogP) is 0.290. The molecule has 2 rings (SSSR count). The van der Waals surface area contributed by atoms with E-state index in [-0.39, 0.29) is 5.91 Å². The first-order chi connectivity index (χ1) is 7.22. The van der Waals surface area contributed by atoms with Crippen LogP contribution in [0.2, 0.25) is 0 Å². The number of fused-ring (bicyclic) bond motifs is 1. The van der Waals surface area contributed by atoms with E-state index in [0.29, 0.717) is 29.1 Å². The number of carbonyl (C=O) groups excluding carboxylic acids is 1. The fourth-order valence-electron chi connectivity index (χ4n) is 1.33. The number of aromatic nitrogens is 3. The summed E-state index contributed by atoms with van der Waals surface area (Å²) in [6.45, 7) is 2.42. The van der Waals surface area contributed by atoms with Crippen LogP contribution in [-0.4, -0.2) is 27.4 Å². The van der Waals surface area contributed by atoms with Gasteiger partial charge in [0, 0.05) is 12.7 Å². The molecule has 0 fully saturated rings. The van der Waals surface area contributed by atoms with Gasteiger partial charge in [0.25, 0.3) is 5.91 Å². The van der Waals surface area contributed by atoms with Crippen LogP contribution in [0.25, 0.3) is 11.2 Å². The molecule has 0 aromatic carbocycles. The Hall–Kier alpha value is -2.11. The molecule has 15 heavy (non-hydrogen) atoms. The molecular weight excluding hydrogens is 194 g/mol. The highest BCUT2D eigenvalue weighted by molar-refractivity contribution is 6.04. The van der Waals surface area contributed by atoms with Crippen molar-refractivity contribution in [1.29, 1.82) is 0 Å². The molecule has 2 aromatic rings. The van der Waals surface area contributed by atoms with E-state index in [9.17, 15) is 4.79 Å². The van der Waals surface area contributed by atoms with Gasteiger partial charge in [-0.05, 0) is 6.92 Å². The van der Waals surface area contributed by atoms with Gasteiger partial charge in [0.15, 0.2) is 5.65 Å². The SMILES string of the molecule is CCNC(=O)c1c[nH]c2ncc(N)nc12. The molecule has 0 aliphatic carbocycles. The summed E-state index contributed by atoms with van der Waals surface area (Å²) in [4.78, 5) is 22.5. The smallest absolute Gasteiger partial charge is 0.255 e. The molecule has 6 heteroatoms. The Labute approximate surface area is 85.9 Å². The quantitative estimate of drug-likeness (QED) is 0.656. The third-order valence-electron chi connectivity index (χ3n) is 1.98. The van der Waals surface area contributed by atoms with Gasteiger partial charge < -0.3 is 16.0 Å². The maximum atomic E-state index is 11.6.